The van der Waals surface area contributed by atoms with Crippen LogP contribution in [0.4, 0.5) is 9.59 Å². The molecule has 3 saturated heterocycles. The van der Waals surface area contributed by atoms with E-state index in [9.17, 15) is 24.3 Å². The van der Waals surface area contributed by atoms with Crippen LogP contribution in [-0.4, -0.2) is 83.3 Å². The van der Waals surface area contributed by atoms with Crippen LogP contribution in [0.25, 0.3) is 0 Å². The molecule has 3 fully saturated rings. The molecule has 3 unspecified atom stereocenters. The van der Waals surface area contributed by atoms with Crippen molar-refractivity contribution in [1.82, 2.24) is 20.4 Å². The summed E-state index contributed by atoms with van der Waals surface area (Å²) in [5, 5.41) is 15.1. The van der Waals surface area contributed by atoms with Crippen LogP contribution < -0.4 is 10.6 Å². The van der Waals surface area contributed by atoms with Gasteiger partial charge in [-0.2, -0.15) is 0 Å². The van der Waals surface area contributed by atoms with Crippen LogP contribution in [0.15, 0.2) is 0 Å². The van der Waals surface area contributed by atoms with E-state index >= 15 is 0 Å². The molecule has 0 aromatic rings. The van der Waals surface area contributed by atoms with Crippen molar-refractivity contribution in [1.29, 1.82) is 0 Å². The number of nitrogens with one attached hydrogen (secondary N) is 2. The van der Waals surface area contributed by atoms with Crippen molar-refractivity contribution < 1.29 is 29.0 Å². The van der Waals surface area contributed by atoms with Crippen molar-refractivity contribution >= 4 is 23.9 Å². The molecule has 3 atom stereocenters. The summed E-state index contributed by atoms with van der Waals surface area (Å²) in [6, 6.07) is -2.03. The van der Waals surface area contributed by atoms with Gasteiger partial charge in [0.05, 0.1) is 44.5 Å². The first kappa shape index (κ1) is 14.7. The van der Waals surface area contributed by atoms with Gasteiger partial charge in [0.1, 0.15) is 0 Å². The third-order valence-electron chi connectivity index (χ3n) is 3.87. The fraction of sp³-hybridized carbons (Fsp3) is 0.667. The Morgan fingerprint density at radius 3 is 2.27 bits per heavy atom. The van der Waals surface area contributed by atoms with Crippen molar-refractivity contribution in [2.75, 3.05) is 26.2 Å². The molecule has 0 bridgehead atoms. The molecule has 22 heavy (non-hydrogen) atoms. The summed E-state index contributed by atoms with van der Waals surface area (Å²) >= 11 is 0. The van der Waals surface area contributed by atoms with Gasteiger partial charge in [0, 0.05) is 0 Å². The Hall–Kier alpha value is -2.20. The molecule has 3 aliphatic heterocycles. The van der Waals surface area contributed by atoms with E-state index in [0.29, 0.717) is 6.61 Å². The number of nitrogens with zero attached hydrogens (tertiary/aromatic N) is 2. The summed E-state index contributed by atoms with van der Waals surface area (Å²) in [4.78, 5) is 48.5. The molecule has 0 saturated carbocycles. The summed E-state index contributed by atoms with van der Waals surface area (Å²) in [7, 11) is 0. The summed E-state index contributed by atoms with van der Waals surface area (Å²) in [5.74, 6) is -0.908. The largest absolute Gasteiger partial charge is 0.389 e. The van der Waals surface area contributed by atoms with Crippen LogP contribution in [0.1, 0.15) is 6.42 Å². The van der Waals surface area contributed by atoms with Gasteiger partial charge in [-0.25, -0.2) is 9.59 Å². The van der Waals surface area contributed by atoms with Crippen LogP contribution in [0.3, 0.4) is 0 Å². The highest BCUT2D eigenvalue weighted by atomic mass is 16.6. The van der Waals surface area contributed by atoms with E-state index in [1.807, 2.05) is 0 Å². The van der Waals surface area contributed by atoms with Crippen LogP contribution in [-0.2, 0) is 14.3 Å². The molecule has 0 radical (unpaired) electrons. The molecule has 120 valence electrons. The summed E-state index contributed by atoms with van der Waals surface area (Å²) in [6.07, 6.45) is -1.10. The molecule has 3 N–H and O–H groups in total. The topological polar surface area (TPSA) is 132 Å². The van der Waals surface area contributed by atoms with E-state index in [2.05, 4.69) is 10.6 Å². The molecule has 0 aromatic carbocycles. The Balaban J connectivity index is 1.73. The van der Waals surface area contributed by atoms with Gasteiger partial charge in [0.15, 0.2) is 0 Å². The fourth-order valence-electron chi connectivity index (χ4n) is 2.63. The van der Waals surface area contributed by atoms with Crippen LogP contribution >= 0.6 is 0 Å². The molecule has 0 spiro atoms. The van der Waals surface area contributed by atoms with Crippen molar-refractivity contribution in [3.63, 3.8) is 0 Å². The Kier molecular flexibility index (Phi) is 3.71. The molecular formula is C12H16N4O6. The molecule has 10 heteroatoms. The molecule has 0 aliphatic carbocycles. The Morgan fingerprint density at radius 2 is 1.77 bits per heavy atom. The van der Waals surface area contributed by atoms with Gasteiger partial charge in [0.25, 0.3) is 0 Å². The first-order valence-electron chi connectivity index (χ1n) is 6.95. The zero-order chi connectivity index (χ0) is 15.9. The highest BCUT2D eigenvalue weighted by Gasteiger charge is 2.43. The first-order chi connectivity index (χ1) is 10.5. The molecule has 3 heterocycles. The predicted molar refractivity (Wildman–Crippen MR) is 69.5 cm³/mol. The lowest BCUT2D eigenvalue weighted by Crippen LogP contribution is -2.52. The van der Waals surface area contributed by atoms with Gasteiger partial charge in [-0.3, -0.25) is 19.4 Å². The third-order valence-corrected chi connectivity index (χ3v) is 3.87. The van der Waals surface area contributed by atoms with Crippen molar-refractivity contribution in [3.8, 4) is 0 Å². The maximum Gasteiger partial charge on any atom is 0.324 e. The molecule has 6 amide bonds. The van der Waals surface area contributed by atoms with Crippen molar-refractivity contribution in [2.45, 2.75) is 24.7 Å². The van der Waals surface area contributed by atoms with Gasteiger partial charge >= 0.3 is 12.1 Å². The van der Waals surface area contributed by atoms with Crippen molar-refractivity contribution in [2.24, 2.45) is 0 Å². The van der Waals surface area contributed by atoms with Gasteiger partial charge in [-0.05, 0) is 6.42 Å². The smallest absolute Gasteiger partial charge is 0.324 e. The number of amides is 6. The van der Waals surface area contributed by atoms with E-state index in [1.54, 1.807) is 0 Å². The number of carbonyl (C=O) groups is 4. The number of hydrogen-bond donors (Lipinski definition) is 3. The normalized spacial score (nSPS) is 27.0. The van der Waals surface area contributed by atoms with Crippen LogP contribution in [0.5, 0.6) is 0 Å². The molecule has 3 rings (SSSR count). The predicted octanol–water partition coefficient (Wildman–Crippen LogP) is -2.39. The number of hydrogen-bond acceptors (Lipinski definition) is 6. The van der Waals surface area contributed by atoms with Crippen molar-refractivity contribution in [3.05, 3.63) is 0 Å². The third kappa shape index (κ3) is 2.74. The SMILES string of the molecule is O=C1CNC(=O)N1CC(O)C(CC1CO1)N1C(=O)CNC1=O. The Bertz CT molecular complexity index is 502. The summed E-state index contributed by atoms with van der Waals surface area (Å²) < 4.78 is 5.09. The number of urea groups is 2. The lowest BCUT2D eigenvalue weighted by atomic mass is 10.0. The molecular weight excluding hydrogens is 296 g/mol. The molecule has 3 aliphatic rings. The fourth-order valence-corrected chi connectivity index (χ4v) is 2.63. The van der Waals surface area contributed by atoms with E-state index in [4.69, 9.17) is 4.74 Å². The lowest BCUT2D eigenvalue weighted by molar-refractivity contribution is -0.129. The average molecular weight is 312 g/mol. The maximum absolute atomic E-state index is 11.8. The van der Waals surface area contributed by atoms with Gasteiger partial charge in [0.2, 0.25) is 11.8 Å². The summed E-state index contributed by atoms with van der Waals surface area (Å²) in [5.41, 5.74) is 0. The number of rotatable bonds is 6. The van der Waals surface area contributed by atoms with Gasteiger partial charge in [-0.15, -0.1) is 0 Å². The Morgan fingerprint density at radius 1 is 1.14 bits per heavy atom. The molecule has 10 nitrogen and oxygen atoms in total. The molecule has 0 aromatic heterocycles. The minimum atomic E-state index is -1.23. The zero-order valence-corrected chi connectivity index (χ0v) is 11.7. The monoisotopic (exact) mass is 312 g/mol. The first-order valence-corrected chi connectivity index (χ1v) is 6.95. The van der Waals surface area contributed by atoms with Gasteiger partial charge in [-0.1, -0.05) is 0 Å². The second-order valence-electron chi connectivity index (χ2n) is 5.41. The number of epoxide rings is 1. The minimum absolute atomic E-state index is 0.120. The number of carbonyl (C=O) groups excluding carboxylic acids is 4. The van der Waals surface area contributed by atoms with Crippen LogP contribution in [0, 0.1) is 0 Å². The second kappa shape index (κ2) is 5.54. The van der Waals surface area contributed by atoms with Gasteiger partial charge < -0.3 is 20.5 Å². The highest BCUT2D eigenvalue weighted by molar-refractivity contribution is 6.03. The van der Waals surface area contributed by atoms with E-state index in [-0.39, 0.29) is 32.2 Å². The van der Waals surface area contributed by atoms with E-state index < -0.39 is 36.0 Å². The average Bonchev–Trinajstić information content (AvgIpc) is 3.18. The van der Waals surface area contributed by atoms with E-state index in [0.717, 1.165) is 9.80 Å². The number of aliphatic hydroxyl groups is 1. The highest BCUT2D eigenvalue weighted by Crippen LogP contribution is 2.23. The standard InChI is InChI=1S/C12H16N4O6/c17-8(4-15-9(18)2-13-11(15)20)7(1-6-5-22-6)16-10(19)3-14-12(16)21/h6-8,17H,1-5H2,(H,13,20)(H,14,21). The second-order valence-corrected chi connectivity index (χ2v) is 5.41. The quantitative estimate of drug-likeness (QED) is 0.370. The number of aliphatic hydroxyl groups excluding tert-OH is 1. The Labute approximate surface area is 125 Å². The number of imide groups is 2. The number of ether oxygens (including phenoxy) is 1. The lowest BCUT2D eigenvalue weighted by Gasteiger charge is -2.30. The zero-order valence-electron chi connectivity index (χ0n) is 11.7. The van der Waals surface area contributed by atoms with E-state index in [1.165, 1.54) is 0 Å². The number of β-amino-alcohol motifs (C(OH)–C–C–N with tert-alkyl or cyclic N) is 1. The minimum Gasteiger partial charge on any atom is -0.389 e. The van der Waals surface area contributed by atoms with Crippen LogP contribution in [0.2, 0.25) is 0 Å². The summed E-state index contributed by atoms with van der Waals surface area (Å²) in [6.45, 7) is -0.0308. The maximum atomic E-state index is 11.8.